The highest BCUT2D eigenvalue weighted by Gasteiger charge is 2.30. The summed E-state index contributed by atoms with van der Waals surface area (Å²) < 4.78 is 5.12. The number of carbonyl (C=O) groups excluding carboxylic acids is 2. The molecule has 2 fully saturated rings. The van der Waals surface area contributed by atoms with Crippen LogP contribution in [-0.4, -0.2) is 60.6 Å². The van der Waals surface area contributed by atoms with Crippen LogP contribution < -0.4 is 5.32 Å². The third kappa shape index (κ3) is 6.61. The number of ether oxygens (including phenoxy) is 1. The van der Waals surface area contributed by atoms with E-state index in [1.807, 2.05) is 36.1 Å². The predicted molar refractivity (Wildman–Crippen MR) is 118 cm³/mol. The molecule has 166 valence electrons. The molecule has 1 N–H and O–H groups in total. The summed E-state index contributed by atoms with van der Waals surface area (Å²) in [7, 11) is 0. The van der Waals surface area contributed by atoms with Gasteiger partial charge < -0.3 is 15.0 Å². The Bertz CT molecular complexity index is 707. The van der Waals surface area contributed by atoms with Gasteiger partial charge in [-0.25, -0.2) is 4.79 Å². The molecule has 30 heavy (non-hydrogen) atoms. The molecule has 0 radical (unpaired) electrons. The first-order valence-electron chi connectivity index (χ1n) is 11.2. The predicted octanol–water partition coefficient (Wildman–Crippen LogP) is 4.07. The van der Waals surface area contributed by atoms with Crippen molar-refractivity contribution in [3.63, 3.8) is 0 Å². The number of halogens is 1. The molecule has 1 aromatic rings. The van der Waals surface area contributed by atoms with Gasteiger partial charge in [-0.1, -0.05) is 29.8 Å². The number of hydrogen-bond donors (Lipinski definition) is 1. The Labute approximate surface area is 184 Å². The zero-order valence-electron chi connectivity index (χ0n) is 17.9. The summed E-state index contributed by atoms with van der Waals surface area (Å²) in [4.78, 5) is 28.6. The van der Waals surface area contributed by atoms with Crippen LogP contribution in [0.15, 0.2) is 24.3 Å². The molecule has 0 aliphatic carbocycles. The van der Waals surface area contributed by atoms with E-state index in [9.17, 15) is 9.59 Å². The largest absolute Gasteiger partial charge is 0.450 e. The maximum Gasteiger partial charge on any atom is 0.409 e. The van der Waals surface area contributed by atoms with Crippen LogP contribution in [-0.2, 0) is 16.1 Å². The van der Waals surface area contributed by atoms with Crippen LogP contribution in [0.1, 0.15) is 51.0 Å². The van der Waals surface area contributed by atoms with E-state index in [0.29, 0.717) is 36.6 Å². The molecule has 2 saturated heterocycles. The smallest absolute Gasteiger partial charge is 0.409 e. The van der Waals surface area contributed by atoms with E-state index in [0.717, 1.165) is 51.0 Å². The summed E-state index contributed by atoms with van der Waals surface area (Å²) in [5.74, 6) is 0.655. The van der Waals surface area contributed by atoms with Crippen molar-refractivity contribution in [1.29, 1.82) is 0 Å². The normalized spacial score (nSPS) is 20.7. The first kappa shape index (κ1) is 22.9. The van der Waals surface area contributed by atoms with Crippen molar-refractivity contribution in [3.05, 3.63) is 34.9 Å². The maximum absolute atomic E-state index is 12.3. The number of likely N-dealkylation sites (tertiary alicyclic amines) is 2. The van der Waals surface area contributed by atoms with Gasteiger partial charge in [0.1, 0.15) is 0 Å². The van der Waals surface area contributed by atoms with Crippen LogP contribution in [0.2, 0.25) is 5.02 Å². The molecule has 7 heteroatoms. The van der Waals surface area contributed by atoms with Gasteiger partial charge in [0, 0.05) is 43.7 Å². The molecule has 0 aromatic heterocycles. The zero-order chi connectivity index (χ0) is 21.3. The zero-order valence-corrected chi connectivity index (χ0v) is 18.7. The van der Waals surface area contributed by atoms with E-state index in [-0.39, 0.29) is 12.0 Å². The molecule has 1 aromatic carbocycles. The first-order chi connectivity index (χ1) is 14.6. The highest BCUT2D eigenvalue weighted by atomic mass is 35.5. The minimum absolute atomic E-state index is 0.0924. The van der Waals surface area contributed by atoms with Gasteiger partial charge >= 0.3 is 6.09 Å². The number of amides is 2. The molecule has 1 atom stereocenters. The lowest BCUT2D eigenvalue weighted by atomic mass is 9.90. The standard InChI is InChI=1S/C23H34ClN3O3/c1-2-30-23(29)26-14-11-20(12-15-26)27-13-5-6-18(17-27)9-10-22(28)25-16-19-7-3-4-8-21(19)24/h3-4,7-8,18,20H,2,5-6,9-17H2,1H3,(H,25,28)/t18-/m0/s1. The van der Waals surface area contributed by atoms with Crippen LogP contribution in [0.3, 0.4) is 0 Å². The fourth-order valence-corrected chi connectivity index (χ4v) is 4.75. The summed E-state index contributed by atoms with van der Waals surface area (Å²) in [5.41, 5.74) is 0.950. The van der Waals surface area contributed by atoms with Crippen LogP contribution >= 0.6 is 11.6 Å². The van der Waals surface area contributed by atoms with Gasteiger partial charge in [-0.2, -0.15) is 0 Å². The average Bonchev–Trinajstić information content (AvgIpc) is 2.77. The van der Waals surface area contributed by atoms with E-state index >= 15 is 0 Å². The molecule has 0 spiro atoms. The third-order valence-corrected chi connectivity index (χ3v) is 6.64. The number of nitrogens with one attached hydrogen (secondary N) is 1. The highest BCUT2D eigenvalue weighted by Crippen LogP contribution is 2.26. The van der Waals surface area contributed by atoms with E-state index in [1.165, 1.54) is 12.8 Å². The number of benzene rings is 1. The van der Waals surface area contributed by atoms with Crippen molar-refractivity contribution >= 4 is 23.6 Å². The van der Waals surface area contributed by atoms with Gasteiger partial charge in [-0.15, -0.1) is 0 Å². The van der Waals surface area contributed by atoms with Crippen LogP contribution in [0.25, 0.3) is 0 Å². The fraction of sp³-hybridized carbons (Fsp3) is 0.652. The van der Waals surface area contributed by atoms with Crippen molar-refractivity contribution in [2.45, 2.75) is 58.0 Å². The third-order valence-electron chi connectivity index (χ3n) is 6.27. The number of piperidine rings is 2. The molecule has 2 aliphatic rings. The molecule has 2 amide bonds. The van der Waals surface area contributed by atoms with Crippen molar-refractivity contribution in [2.75, 3.05) is 32.8 Å². The highest BCUT2D eigenvalue weighted by molar-refractivity contribution is 6.31. The average molecular weight is 436 g/mol. The molecule has 0 unspecified atom stereocenters. The Morgan fingerprint density at radius 2 is 1.93 bits per heavy atom. The summed E-state index contributed by atoms with van der Waals surface area (Å²) in [6, 6.07) is 8.14. The van der Waals surface area contributed by atoms with E-state index in [4.69, 9.17) is 16.3 Å². The minimum atomic E-state index is -0.185. The first-order valence-corrected chi connectivity index (χ1v) is 11.6. The number of hydrogen-bond acceptors (Lipinski definition) is 4. The molecule has 0 bridgehead atoms. The van der Waals surface area contributed by atoms with Gasteiger partial charge in [-0.05, 0) is 63.1 Å². The molecule has 2 aliphatic heterocycles. The number of rotatable bonds is 7. The Morgan fingerprint density at radius 1 is 1.17 bits per heavy atom. The second-order valence-electron chi connectivity index (χ2n) is 8.33. The Kier molecular flexibility index (Phi) is 8.82. The van der Waals surface area contributed by atoms with Gasteiger partial charge in [0.05, 0.1) is 6.61 Å². The topological polar surface area (TPSA) is 61.9 Å². The molecule has 3 rings (SSSR count). The lowest BCUT2D eigenvalue weighted by Gasteiger charge is -2.42. The SMILES string of the molecule is CCOC(=O)N1CCC(N2CCC[C@@H](CCC(=O)NCc3ccccc3Cl)C2)CC1. The Morgan fingerprint density at radius 3 is 2.67 bits per heavy atom. The lowest BCUT2D eigenvalue weighted by Crippen LogP contribution is -2.49. The molecule has 6 nitrogen and oxygen atoms in total. The van der Waals surface area contributed by atoms with Crippen LogP contribution in [0.4, 0.5) is 4.79 Å². The number of carbonyl (C=O) groups is 2. The Balaban J connectivity index is 1.37. The Hall–Kier alpha value is -1.79. The molecular weight excluding hydrogens is 402 g/mol. The fourth-order valence-electron chi connectivity index (χ4n) is 4.55. The van der Waals surface area contributed by atoms with Crippen LogP contribution in [0, 0.1) is 5.92 Å². The van der Waals surface area contributed by atoms with Gasteiger partial charge in [0.15, 0.2) is 0 Å². The summed E-state index contributed by atoms with van der Waals surface area (Å²) in [5, 5.41) is 3.68. The minimum Gasteiger partial charge on any atom is -0.450 e. The monoisotopic (exact) mass is 435 g/mol. The van der Waals surface area contributed by atoms with Gasteiger partial charge in [-0.3, -0.25) is 9.69 Å². The van der Waals surface area contributed by atoms with E-state index < -0.39 is 0 Å². The summed E-state index contributed by atoms with van der Waals surface area (Å²) in [6.45, 7) is 6.48. The van der Waals surface area contributed by atoms with Crippen molar-refractivity contribution in [2.24, 2.45) is 5.92 Å². The molecular formula is C23H34ClN3O3. The van der Waals surface area contributed by atoms with Crippen LogP contribution in [0.5, 0.6) is 0 Å². The maximum atomic E-state index is 12.3. The molecule has 0 saturated carbocycles. The lowest BCUT2D eigenvalue weighted by molar-refractivity contribution is -0.121. The van der Waals surface area contributed by atoms with Crippen molar-refractivity contribution in [3.8, 4) is 0 Å². The van der Waals surface area contributed by atoms with E-state index in [2.05, 4.69) is 10.2 Å². The second kappa shape index (κ2) is 11.6. The molecule has 2 heterocycles. The summed E-state index contributed by atoms with van der Waals surface area (Å²) in [6.07, 6.45) is 5.68. The van der Waals surface area contributed by atoms with Crippen molar-refractivity contribution in [1.82, 2.24) is 15.1 Å². The quantitative estimate of drug-likeness (QED) is 0.701. The second-order valence-corrected chi connectivity index (χ2v) is 8.73. The number of nitrogens with zero attached hydrogens (tertiary/aromatic N) is 2. The van der Waals surface area contributed by atoms with Gasteiger partial charge in [0.25, 0.3) is 0 Å². The van der Waals surface area contributed by atoms with E-state index in [1.54, 1.807) is 0 Å². The summed E-state index contributed by atoms with van der Waals surface area (Å²) >= 11 is 6.15. The van der Waals surface area contributed by atoms with Gasteiger partial charge in [0.2, 0.25) is 5.91 Å². The van der Waals surface area contributed by atoms with Crippen molar-refractivity contribution < 1.29 is 14.3 Å².